The summed E-state index contributed by atoms with van der Waals surface area (Å²) in [5.74, 6) is 0.136. The highest BCUT2D eigenvalue weighted by molar-refractivity contribution is 5.95. The number of ether oxygens (including phenoxy) is 2. The molecule has 0 radical (unpaired) electrons. The lowest BCUT2D eigenvalue weighted by Crippen LogP contribution is -2.33. The molecule has 0 aliphatic carbocycles. The predicted molar refractivity (Wildman–Crippen MR) is 82.0 cm³/mol. The minimum Gasteiger partial charge on any atom is -0.493 e. The molecule has 1 aliphatic heterocycles. The van der Waals surface area contributed by atoms with Crippen LogP contribution in [-0.4, -0.2) is 39.8 Å². The zero-order valence-corrected chi connectivity index (χ0v) is 13.1. The number of halogens is 1. The summed E-state index contributed by atoms with van der Waals surface area (Å²) in [5, 5.41) is 6.11. The molecule has 1 aromatic rings. The first-order chi connectivity index (χ1) is 10.7. The number of carbonyl (C=O) groups excluding carboxylic acids is 1. The average Bonchev–Trinajstić information content (AvgIpc) is 2.55. The van der Waals surface area contributed by atoms with E-state index < -0.39 is 11.7 Å². The first-order valence-electron chi connectivity index (χ1n) is 7.56. The van der Waals surface area contributed by atoms with Crippen LogP contribution in [0, 0.1) is 11.7 Å². The number of nitrogens with one attached hydrogen (secondary N) is 2. The monoisotopic (exact) mass is 310 g/mol. The van der Waals surface area contributed by atoms with Crippen LogP contribution in [0.4, 0.5) is 4.39 Å². The number of methoxy groups -OCH3 is 2. The van der Waals surface area contributed by atoms with Crippen molar-refractivity contribution in [3.05, 3.63) is 23.5 Å². The van der Waals surface area contributed by atoms with E-state index in [9.17, 15) is 9.18 Å². The van der Waals surface area contributed by atoms with Crippen molar-refractivity contribution in [2.75, 3.05) is 33.9 Å². The van der Waals surface area contributed by atoms with E-state index in [0.29, 0.717) is 18.2 Å². The SMILES string of the molecule is COc1cc(F)c(C(=O)NCCC2CCCNC2)cc1OC. The molecular formula is C16H23FN2O3. The fraction of sp³-hybridized carbons (Fsp3) is 0.562. The molecule has 6 heteroatoms. The van der Waals surface area contributed by atoms with Gasteiger partial charge in [-0.15, -0.1) is 0 Å². The molecular weight excluding hydrogens is 287 g/mol. The maximum atomic E-state index is 14.0. The van der Waals surface area contributed by atoms with Crippen LogP contribution in [-0.2, 0) is 0 Å². The molecule has 5 nitrogen and oxygen atoms in total. The Bertz CT molecular complexity index is 516. The molecule has 1 aliphatic rings. The van der Waals surface area contributed by atoms with Crippen LogP contribution in [0.1, 0.15) is 29.6 Å². The second-order valence-electron chi connectivity index (χ2n) is 5.44. The summed E-state index contributed by atoms with van der Waals surface area (Å²) in [6.07, 6.45) is 3.24. The van der Waals surface area contributed by atoms with Crippen molar-refractivity contribution < 1.29 is 18.7 Å². The number of hydrogen-bond acceptors (Lipinski definition) is 4. The van der Waals surface area contributed by atoms with Crippen LogP contribution in [0.25, 0.3) is 0 Å². The van der Waals surface area contributed by atoms with Crippen molar-refractivity contribution >= 4 is 5.91 Å². The molecule has 1 atom stereocenters. The molecule has 1 aromatic carbocycles. The molecule has 2 N–H and O–H groups in total. The molecule has 0 spiro atoms. The topological polar surface area (TPSA) is 59.6 Å². The Hall–Kier alpha value is -1.82. The third-order valence-corrected chi connectivity index (χ3v) is 3.95. The number of rotatable bonds is 6. The van der Waals surface area contributed by atoms with Gasteiger partial charge in [-0.3, -0.25) is 4.79 Å². The summed E-state index contributed by atoms with van der Waals surface area (Å²) in [6.45, 7) is 2.60. The number of carbonyl (C=O) groups is 1. The molecule has 0 bridgehead atoms. The van der Waals surface area contributed by atoms with E-state index in [2.05, 4.69) is 10.6 Å². The van der Waals surface area contributed by atoms with Crippen LogP contribution in [0.2, 0.25) is 0 Å². The van der Waals surface area contributed by atoms with E-state index in [1.165, 1.54) is 39.2 Å². The summed E-state index contributed by atoms with van der Waals surface area (Å²) < 4.78 is 24.1. The minimum atomic E-state index is -0.616. The minimum absolute atomic E-state index is 0.0283. The predicted octanol–water partition coefficient (Wildman–Crippen LogP) is 1.96. The standard InChI is InChI=1S/C16H23FN2O3/c1-21-14-8-12(13(17)9-15(14)22-2)16(20)19-7-5-11-4-3-6-18-10-11/h8-9,11,18H,3-7,10H2,1-2H3,(H,19,20). The molecule has 122 valence electrons. The van der Waals surface area contributed by atoms with Crippen LogP contribution in [0.3, 0.4) is 0 Å². The summed E-state index contributed by atoms with van der Waals surface area (Å²) in [6, 6.07) is 2.53. The van der Waals surface area contributed by atoms with Crippen LogP contribution < -0.4 is 20.1 Å². The van der Waals surface area contributed by atoms with E-state index in [-0.39, 0.29) is 11.3 Å². The first kappa shape index (κ1) is 16.5. The number of hydrogen-bond donors (Lipinski definition) is 2. The number of amides is 1. The third kappa shape index (κ3) is 4.10. The number of piperidine rings is 1. The quantitative estimate of drug-likeness (QED) is 0.843. The van der Waals surface area contributed by atoms with E-state index in [4.69, 9.17) is 9.47 Å². The molecule has 1 unspecified atom stereocenters. The highest BCUT2D eigenvalue weighted by Crippen LogP contribution is 2.29. The zero-order chi connectivity index (χ0) is 15.9. The van der Waals surface area contributed by atoms with Crippen molar-refractivity contribution in [2.45, 2.75) is 19.3 Å². The first-order valence-corrected chi connectivity index (χ1v) is 7.56. The van der Waals surface area contributed by atoms with E-state index in [0.717, 1.165) is 19.5 Å². The second-order valence-corrected chi connectivity index (χ2v) is 5.44. The largest absolute Gasteiger partial charge is 0.493 e. The summed E-state index contributed by atoms with van der Waals surface area (Å²) in [4.78, 5) is 12.1. The van der Waals surface area contributed by atoms with Crippen LogP contribution in [0.15, 0.2) is 12.1 Å². The van der Waals surface area contributed by atoms with Gasteiger partial charge in [-0.05, 0) is 44.3 Å². The molecule has 1 fully saturated rings. The fourth-order valence-electron chi connectivity index (χ4n) is 2.68. The van der Waals surface area contributed by atoms with E-state index in [1.807, 2.05) is 0 Å². The zero-order valence-electron chi connectivity index (χ0n) is 13.1. The lowest BCUT2D eigenvalue weighted by Gasteiger charge is -2.22. The Kier molecular flexibility index (Phi) is 6.00. The van der Waals surface area contributed by atoms with Gasteiger partial charge < -0.3 is 20.1 Å². The van der Waals surface area contributed by atoms with Crippen molar-refractivity contribution in [2.24, 2.45) is 5.92 Å². The molecule has 1 heterocycles. The van der Waals surface area contributed by atoms with Gasteiger partial charge in [0.15, 0.2) is 11.5 Å². The van der Waals surface area contributed by atoms with Gasteiger partial charge in [0, 0.05) is 12.6 Å². The molecule has 0 aromatic heterocycles. The maximum Gasteiger partial charge on any atom is 0.254 e. The van der Waals surface area contributed by atoms with Gasteiger partial charge in [0.2, 0.25) is 0 Å². The summed E-state index contributed by atoms with van der Waals surface area (Å²) >= 11 is 0. The smallest absolute Gasteiger partial charge is 0.254 e. The Morgan fingerprint density at radius 1 is 1.36 bits per heavy atom. The van der Waals surface area contributed by atoms with Crippen molar-refractivity contribution in [1.29, 1.82) is 0 Å². The molecule has 2 rings (SSSR count). The lowest BCUT2D eigenvalue weighted by molar-refractivity contribution is 0.0946. The van der Waals surface area contributed by atoms with Crippen molar-refractivity contribution in [3.63, 3.8) is 0 Å². The highest BCUT2D eigenvalue weighted by atomic mass is 19.1. The van der Waals surface area contributed by atoms with Gasteiger partial charge in [0.05, 0.1) is 19.8 Å². The van der Waals surface area contributed by atoms with Gasteiger partial charge in [-0.2, -0.15) is 0 Å². The Morgan fingerprint density at radius 2 is 2.09 bits per heavy atom. The number of benzene rings is 1. The van der Waals surface area contributed by atoms with E-state index >= 15 is 0 Å². The van der Waals surface area contributed by atoms with Crippen LogP contribution in [0.5, 0.6) is 11.5 Å². The molecule has 0 saturated carbocycles. The molecule has 1 amide bonds. The van der Waals surface area contributed by atoms with Gasteiger partial charge in [0.1, 0.15) is 5.82 Å². The van der Waals surface area contributed by atoms with Gasteiger partial charge in [0.25, 0.3) is 5.91 Å². The van der Waals surface area contributed by atoms with Gasteiger partial charge in [-0.1, -0.05) is 0 Å². The van der Waals surface area contributed by atoms with Crippen molar-refractivity contribution in [3.8, 4) is 11.5 Å². The van der Waals surface area contributed by atoms with E-state index in [1.54, 1.807) is 0 Å². The Morgan fingerprint density at radius 3 is 2.73 bits per heavy atom. The Labute approximate surface area is 130 Å². The fourth-order valence-corrected chi connectivity index (χ4v) is 2.68. The summed E-state index contributed by atoms with van der Waals surface area (Å²) in [7, 11) is 2.88. The maximum absolute atomic E-state index is 14.0. The highest BCUT2D eigenvalue weighted by Gasteiger charge is 2.18. The third-order valence-electron chi connectivity index (χ3n) is 3.95. The lowest BCUT2D eigenvalue weighted by atomic mass is 9.96. The summed E-state index contributed by atoms with van der Waals surface area (Å²) in [5.41, 5.74) is -0.0283. The Balaban J connectivity index is 1.94. The second kappa shape index (κ2) is 7.98. The van der Waals surface area contributed by atoms with Crippen LogP contribution >= 0.6 is 0 Å². The van der Waals surface area contributed by atoms with Gasteiger partial charge >= 0.3 is 0 Å². The molecule has 1 saturated heterocycles. The van der Waals surface area contributed by atoms with Gasteiger partial charge in [-0.25, -0.2) is 4.39 Å². The average molecular weight is 310 g/mol. The normalized spacial score (nSPS) is 17.9. The van der Waals surface area contributed by atoms with Crippen molar-refractivity contribution in [1.82, 2.24) is 10.6 Å². The molecule has 22 heavy (non-hydrogen) atoms.